The van der Waals surface area contributed by atoms with Crippen molar-refractivity contribution in [3.63, 3.8) is 0 Å². The van der Waals surface area contributed by atoms with Crippen molar-refractivity contribution < 1.29 is 4.42 Å². The molecule has 1 aromatic heterocycles. The molecule has 0 unspecified atom stereocenters. The zero-order chi connectivity index (χ0) is 14.9. The van der Waals surface area contributed by atoms with Crippen LogP contribution in [0.4, 0.5) is 0 Å². The topological polar surface area (TPSA) is 25.2 Å². The maximum absolute atomic E-state index is 6.00. The molecule has 1 aromatic carbocycles. The largest absolute Gasteiger partial charge is 0.460 e. The third-order valence-electron chi connectivity index (χ3n) is 3.53. The van der Waals surface area contributed by atoms with Crippen LogP contribution in [0.1, 0.15) is 44.8 Å². The number of nitrogens with one attached hydrogen (secondary N) is 1. The average molecular weight is 306 g/mol. The summed E-state index contributed by atoms with van der Waals surface area (Å²) in [5.74, 6) is 1.84. The molecule has 1 heterocycles. The minimum absolute atomic E-state index is 0.732. The van der Waals surface area contributed by atoms with Crippen LogP contribution < -0.4 is 5.32 Å². The van der Waals surface area contributed by atoms with Gasteiger partial charge in [-0.2, -0.15) is 0 Å². The second-order valence-electron chi connectivity index (χ2n) is 5.37. The first-order chi connectivity index (χ1) is 10.3. The highest BCUT2D eigenvalue weighted by Crippen LogP contribution is 2.24. The van der Waals surface area contributed by atoms with Crippen LogP contribution in [0.25, 0.3) is 11.3 Å². The van der Waals surface area contributed by atoms with Gasteiger partial charge in [-0.25, -0.2) is 0 Å². The molecule has 2 rings (SSSR count). The summed E-state index contributed by atoms with van der Waals surface area (Å²) in [5, 5.41) is 4.17. The van der Waals surface area contributed by atoms with E-state index < -0.39 is 0 Å². The number of unbranched alkanes of at least 4 members (excludes halogenated alkanes) is 4. The summed E-state index contributed by atoms with van der Waals surface area (Å²) in [4.78, 5) is 0. The lowest BCUT2D eigenvalue weighted by molar-refractivity contribution is 0.486. The summed E-state index contributed by atoms with van der Waals surface area (Å²) < 4.78 is 5.85. The van der Waals surface area contributed by atoms with Gasteiger partial charge < -0.3 is 9.73 Å². The Morgan fingerprint density at radius 3 is 2.71 bits per heavy atom. The maximum atomic E-state index is 6.00. The highest BCUT2D eigenvalue weighted by Gasteiger charge is 2.04. The summed E-state index contributed by atoms with van der Waals surface area (Å²) in [6, 6.07) is 11.8. The van der Waals surface area contributed by atoms with E-state index in [0.29, 0.717) is 0 Å². The van der Waals surface area contributed by atoms with Crippen LogP contribution in [0.2, 0.25) is 5.02 Å². The van der Waals surface area contributed by atoms with E-state index in [9.17, 15) is 0 Å². The Hall–Kier alpha value is -1.25. The minimum atomic E-state index is 0.732. The predicted octanol–water partition coefficient (Wildman–Crippen LogP) is 5.66. The highest BCUT2D eigenvalue weighted by molar-refractivity contribution is 6.30. The maximum Gasteiger partial charge on any atom is 0.134 e. The normalized spacial score (nSPS) is 11.0. The van der Waals surface area contributed by atoms with Crippen LogP contribution in [0, 0.1) is 0 Å². The van der Waals surface area contributed by atoms with Gasteiger partial charge in [-0.3, -0.25) is 0 Å². The first-order valence-corrected chi connectivity index (χ1v) is 8.23. The number of halogens is 1. The summed E-state index contributed by atoms with van der Waals surface area (Å²) >= 11 is 6.00. The number of rotatable bonds is 9. The molecule has 0 saturated carbocycles. The van der Waals surface area contributed by atoms with Crippen LogP contribution in [-0.4, -0.2) is 6.54 Å². The zero-order valence-corrected chi connectivity index (χ0v) is 13.5. The van der Waals surface area contributed by atoms with Crippen LogP contribution in [0.15, 0.2) is 40.8 Å². The van der Waals surface area contributed by atoms with Crippen LogP contribution >= 0.6 is 11.6 Å². The molecule has 0 atom stereocenters. The third-order valence-corrected chi connectivity index (χ3v) is 3.76. The summed E-state index contributed by atoms with van der Waals surface area (Å²) in [6.07, 6.45) is 6.54. The van der Waals surface area contributed by atoms with Crippen molar-refractivity contribution in [2.45, 2.75) is 45.6 Å². The lowest BCUT2D eigenvalue weighted by atomic mass is 10.1. The first-order valence-electron chi connectivity index (χ1n) is 7.85. The lowest BCUT2D eigenvalue weighted by Gasteiger charge is -2.03. The molecule has 0 saturated heterocycles. The Kier molecular flexibility index (Phi) is 6.84. The van der Waals surface area contributed by atoms with Crippen molar-refractivity contribution in [1.29, 1.82) is 0 Å². The molecule has 1 N–H and O–H groups in total. The molecule has 0 amide bonds. The number of hydrogen-bond acceptors (Lipinski definition) is 2. The van der Waals surface area contributed by atoms with Gasteiger partial charge in [0.05, 0.1) is 6.54 Å². The van der Waals surface area contributed by atoms with Gasteiger partial charge in [0.2, 0.25) is 0 Å². The Morgan fingerprint density at radius 2 is 1.90 bits per heavy atom. The van der Waals surface area contributed by atoms with Crippen molar-refractivity contribution in [3.8, 4) is 11.3 Å². The van der Waals surface area contributed by atoms with Gasteiger partial charge in [-0.15, -0.1) is 0 Å². The molecular formula is C18H24ClNO. The summed E-state index contributed by atoms with van der Waals surface area (Å²) in [6.45, 7) is 4.08. The van der Waals surface area contributed by atoms with Gasteiger partial charge in [0, 0.05) is 10.6 Å². The lowest BCUT2D eigenvalue weighted by Crippen LogP contribution is -2.14. The second kappa shape index (κ2) is 8.91. The standard InChI is InChI=1S/C18H24ClNO/c1-2-3-4-5-6-12-20-14-17-10-11-18(21-17)15-8-7-9-16(19)13-15/h7-11,13,20H,2-6,12,14H2,1H3. The van der Waals surface area contributed by atoms with Gasteiger partial charge in [0.15, 0.2) is 0 Å². The van der Waals surface area contributed by atoms with Crippen LogP contribution in [0.3, 0.4) is 0 Å². The van der Waals surface area contributed by atoms with E-state index >= 15 is 0 Å². The molecule has 0 bridgehead atoms. The average Bonchev–Trinajstić information content (AvgIpc) is 2.95. The molecule has 0 aliphatic carbocycles. The molecule has 2 nitrogen and oxygen atoms in total. The van der Waals surface area contributed by atoms with Crippen molar-refractivity contribution >= 4 is 11.6 Å². The fourth-order valence-corrected chi connectivity index (χ4v) is 2.53. The molecule has 0 aliphatic heterocycles. The smallest absolute Gasteiger partial charge is 0.134 e. The molecule has 114 valence electrons. The first kappa shape index (κ1) is 16.1. The van der Waals surface area contributed by atoms with Gasteiger partial charge in [-0.1, -0.05) is 56.3 Å². The highest BCUT2D eigenvalue weighted by atomic mass is 35.5. The van der Waals surface area contributed by atoms with E-state index in [1.807, 2.05) is 36.4 Å². The Labute approximate surface area is 132 Å². The van der Waals surface area contributed by atoms with E-state index in [1.54, 1.807) is 0 Å². The van der Waals surface area contributed by atoms with Crippen LogP contribution in [-0.2, 0) is 6.54 Å². The van der Waals surface area contributed by atoms with E-state index in [4.69, 9.17) is 16.0 Å². The number of furan rings is 1. The van der Waals surface area contributed by atoms with Crippen molar-refractivity contribution in [1.82, 2.24) is 5.32 Å². The van der Waals surface area contributed by atoms with Gasteiger partial charge in [0.1, 0.15) is 11.5 Å². The number of benzene rings is 1. The molecular weight excluding hydrogens is 282 g/mol. The minimum Gasteiger partial charge on any atom is -0.460 e. The van der Waals surface area contributed by atoms with Gasteiger partial charge in [0.25, 0.3) is 0 Å². The molecule has 0 fully saturated rings. The van der Waals surface area contributed by atoms with Crippen LogP contribution in [0.5, 0.6) is 0 Å². The SMILES string of the molecule is CCCCCCCNCc1ccc(-c2cccc(Cl)c2)o1. The monoisotopic (exact) mass is 305 g/mol. The van der Waals surface area contributed by atoms with Crippen molar-refractivity contribution in [2.24, 2.45) is 0 Å². The van der Waals surface area contributed by atoms with E-state index in [2.05, 4.69) is 12.2 Å². The van der Waals surface area contributed by atoms with Gasteiger partial charge >= 0.3 is 0 Å². The molecule has 2 aromatic rings. The third kappa shape index (κ3) is 5.56. The Morgan fingerprint density at radius 1 is 1.05 bits per heavy atom. The van der Waals surface area contributed by atoms with Crippen molar-refractivity contribution in [3.05, 3.63) is 47.2 Å². The Balaban J connectivity index is 1.73. The summed E-state index contributed by atoms with van der Waals surface area (Å²) in [5.41, 5.74) is 1.02. The number of hydrogen-bond donors (Lipinski definition) is 1. The molecule has 0 aliphatic rings. The molecule has 21 heavy (non-hydrogen) atoms. The Bertz CT molecular complexity index is 536. The van der Waals surface area contributed by atoms with E-state index in [1.165, 1.54) is 32.1 Å². The fraction of sp³-hybridized carbons (Fsp3) is 0.444. The fourth-order valence-electron chi connectivity index (χ4n) is 2.33. The zero-order valence-electron chi connectivity index (χ0n) is 12.7. The van der Waals surface area contributed by atoms with E-state index in [-0.39, 0.29) is 0 Å². The summed E-state index contributed by atoms with van der Waals surface area (Å²) in [7, 11) is 0. The predicted molar refractivity (Wildman–Crippen MR) is 89.6 cm³/mol. The molecule has 0 spiro atoms. The quantitative estimate of drug-likeness (QED) is 0.605. The van der Waals surface area contributed by atoms with E-state index in [0.717, 1.165) is 35.2 Å². The molecule has 0 radical (unpaired) electrons. The van der Waals surface area contributed by atoms with Crippen molar-refractivity contribution in [2.75, 3.05) is 6.54 Å². The van der Waals surface area contributed by atoms with Gasteiger partial charge in [-0.05, 0) is 37.2 Å². The second-order valence-corrected chi connectivity index (χ2v) is 5.80. The molecule has 3 heteroatoms.